The summed E-state index contributed by atoms with van der Waals surface area (Å²) in [6.07, 6.45) is 11.5. The molecule has 2 fully saturated rings. The van der Waals surface area contributed by atoms with E-state index in [1.165, 1.54) is 44.9 Å². The quantitative estimate of drug-likeness (QED) is 0.721. The molecule has 1 amide bonds. The standard InChI is InChI=1S/C14H26N2O/c17-14(13-9-3-4-10-15-13)16-11-5-8-12-6-1-2-7-12/h12-13,15H,1-11H2,(H,16,17)/t13-/m0/s1. The predicted molar refractivity (Wildman–Crippen MR) is 69.8 cm³/mol. The van der Waals surface area contributed by atoms with Crippen molar-refractivity contribution in [2.24, 2.45) is 5.92 Å². The lowest BCUT2D eigenvalue weighted by Gasteiger charge is -2.22. The third-order valence-electron chi connectivity index (χ3n) is 4.19. The summed E-state index contributed by atoms with van der Waals surface area (Å²) < 4.78 is 0. The van der Waals surface area contributed by atoms with Gasteiger partial charge < -0.3 is 10.6 Å². The predicted octanol–water partition coefficient (Wildman–Crippen LogP) is 2.22. The molecule has 2 rings (SSSR count). The lowest BCUT2D eigenvalue weighted by atomic mass is 10.0. The highest BCUT2D eigenvalue weighted by Crippen LogP contribution is 2.28. The molecule has 0 radical (unpaired) electrons. The van der Waals surface area contributed by atoms with Gasteiger partial charge in [-0.15, -0.1) is 0 Å². The van der Waals surface area contributed by atoms with Crippen LogP contribution in [0.4, 0.5) is 0 Å². The van der Waals surface area contributed by atoms with Crippen molar-refractivity contribution in [3.05, 3.63) is 0 Å². The molecule has 17 heavy (non-hydrogen) atoms. The van der Waals surface area contributed by atoms with Crippen molar-refractivity contribution in [1.82, 2.24) is 10.6 Å². The summed E-state index contributed by atoms with van der Waals surface area (Å²) >= 11 is 0. The van der Waals surface area contributed by atoms with Gasteiger partial charge in [-0.25, -0.2) is 0 Å². The molecular weight excluding hydrogens is 212 g/mol. The fourth-order valence-electron chi connectivity index (χ4n) is 3.10. The third-order valence-corrected chi connectivity index (χ3v) is 4.19. The topological polar surface area (TPSA) is 41.1 Å². The maximum Gasteiger partial charge on any atom is 0.237 e. The summed E-state index contributed by atoms with van der Waals surface area (Å²) in [6.45, 7) is 1.87. The molecule has 1 saturated carbocycles. The first-order valence-corrected chi connectivity index (χ1v) is 7.37. The molecule has 0 aromatic heterocycles. The summed E-state index contributed by atoms with van der Waals surface area (Å²) in [6, 6.07) is 0.0789. The van der Waals surface area contributed by atoms with Crippen LogP contribution in [-0.2, 0) is 4.79 Å². The lowest BCUT2D eigenvalue weighted by Crippen LogP contribution is -2.46. The van der Waals surface area contributed by atoms with Crippen LogP contribution in [0, 0.1) is 5.92 Å². The van der Waals surface area contributed by atoms with E-state index >= 15 is 0 Å². The summed E-state index contributed by atoms with van der Waals surface area (Å²) in [5.41, 5.74) is 0. The Hall–Kier alpha value is -0.570. The average Bonchev–Trinajstić information content (AvgIpc) is 2.88. The van der Waals surface area contributed by atoms with Crippen molar-refractivity contribution >= 4 is 5.91 Å². The number of carbonyl (C=O) groups excluding carboxylic acids is 1. The Kier molecular flexibility index (Phi) is 5.30. The van der Waals surface area contributed by atoms with Crippen molar-refractivity contribution in [2.45, 2.75) is 63.8 Å². The molecule has 1 saturated heterocycles. The fourth-order valence-corrected chi connectivity index (χ4v) is 3.10. The normalized spacial score (nSPS) is 26.0. The second kappa shape index (κ2) is 7.00. The number of nitrogens with one attached hydrogen (secondary N) is 2. The molecule has 0 bridgehead atoms. The molecule has 0 unspecified atom stereocenters. The van der Waals surface area contributed by atoms with Gasteiger partial charge in [-0.1, -0.05) is 32.1 Å². The van der Waals surface area contributed by atoms with Gasteiger partial charge in [0, 0.05) is 6.54 Å². The van der Waals surface area contributed by atoms with Crippen molar-refractivity contribution in [3.63, 3.8) is 0 Å². The van der Waals surface area contributed by atoms with Crippen LogP contribution in [0.15, 0.2) is 0 Å². The maximum absolute atomic E-state index is 11.8. The van der Waals surface area contributed by atoms with Gasteiger partial charge in [0.1, 0.15) is 0 Å². The molecular formula is C14H26N2O. The second-order valence-electron chi connectivity index (χ2n) is 5.59. The zero-order chi connectivity index (χ0) is 11.9. The Morgan fingerprint density at radius 3 is 2.59 bits per heavy atom. The van der Waals surface area contributed by atoms with Crippen LogP contribution in [0.25, 0.3) is 0 Å². The van der Waals surface area contributed by atoms with E-state index in [-0.39, 0.29) is 11.9 Å². The van der Waals surface area contributed by atoms with Crippen molar-refractivity contribution < 1.29 is 4.79 Å². The zero-order valence-electron chi connectivity index (χ0n) is 10.8. The molecule has 0 aromatic rings. The summed E-state index contributed by atoms with van der Waals surface area (Å²) in [5, 5.41) is 6.36. The molecule has 0 aromatic carbocycles. The van der Waals surface area contributed by atoms with Crippen LogP contribution in [-0.4, -0.2) is 25.0 Å². The molecule has 0 spiro atoms. The first-order chi connectivity index (χ1) is 8.36. The van der Waals surface area contributed by atoms with Crippen LogP contribution < -0.4 is 10.6 Å². The van der Waals surface area contributed by atoms with Crippen LogP contribution in [0.3, 0.4) is 0 Å². The highest BCUT2D eigenvalue weighted by molar-refractivity contribution is 5.81. The van der Waals surface area contributed by atoms with E-state index in [0.29, 0.717) is 0 Å². The van der Waals surface area contributed by atoms with Gasteiger partial charge in [-0.3, -0.25) is 4.79 Å². The molecule has 1 heterocycles. The molecule has 3 nitrogen and oxygen atoms in total. The number of amides is 1. The summed E-state index contributed by atoms with van der Waals surface area (Å²) in [7, 11) is 0. The monoisotopic (exact) mass is 238 g/mol. The smallest absolute Gasteiger partial charge is 0.237 e. The lowest BCUT2D eigenvalue weighted by molar-refractivity contribution is -0.123. The number of hydrogen-bond donors (Lipinski definition) is 2. The SMILES string of the molecule is O=C(NCCCC1CCCC1)[C@@H]1CCCCN1. The van der Waals surface area contributed by atoms with E-state index < -0.39 is 0 Å². The van der Waals surface area contributed by atoms with Gasteiger partial charge in [0.2, 0.25) is 5.91 Å². The fraction of sp³-hybridized carbons (Fsp3) is 0.929. The Morgan fingerprint density at radius 1 is 1.12 bits per heavy atom. The minimum atomic E-state index is 0.0789. The van der Waals surface area contributed by atoms with Crippen LogP contribution in [0.2, 0.25) is 0 Å². The minimum Gasteiger partial charge on any atom is -0.355 e. The summed E-state index contributed by atoms with van der Waals surface area (Å²) in [4.78, 5) is 11.8. The van der Waals surface area contributed by atoms with Gasteiger partial charge in [0.15, 0.2) is 0 Å². The number of hydrogen-bond acceptors (Lipinski definition) is 2. The van der Waals surface area contributed by atoms with Crippen molar-refractivity contribution in [1.29, 1.82) is 0 Å². The van der Waals surface area contributed by atoms with Crippen LogP contribution >= 0.6 is 0 Å². The first kappa shape index (κ1) is 12.9. The second-order valence-corrected chi connectivity index (χ2v) is 5.59. The van der Waals surface area contributed by atoms with E-state index in [9.17, 15) is 4.79 Å². The Morgan fingerprint density at radius 2 is 1.88 bits per heavy atom. The van der Waals surface area contributed by atoms with Crippen LogP contribution in [0.1, 0.15) is 57.8 Å². The Balaban J connectivity index is 1.53. The van der Waals surface area contributed by atoms with E-state index in [2.05, 4.69) is 10.6 Å². The maximum atomic E-state index is 11.8. The molecule has 1 aliphatic heterocycles. The zero-order valence-corrected chi connectivity index (χ0v) is 10.8. The molecule has 98 valence electrons. The largest absolute Gasteiger partial charge is 0.355 e. The molecule has 2 aliphatic rings. The van der Waals surface area contributed by atoms with E-state index in [1.54, 1.807) is 0 Å². The van der Waals surface area contributed by atoms with Gasteiger partial charge >= 0.3 is 0 Å². The van der Waals surface area contributed by atoms with Crippen molar-refractivity contribution in [2.75, 3.05) is 13.1 Å². The molecule has 1 atom stereocenters. The minimum absolute atomic E-state index is 0.0789. The molecule has 2 N–H and O–H groups in total. The van der Waals surface area contributed by atoms with Gasteiger partial charge in [-0.2, -0.15) is 0 Å². The molecule has 3 heteroatoms. The number of piperidine rings is 1. The molecule has 1 aliphatic carbocycles. The third kappa shape index (κ3) is 4.30. The number of carbonyl (C=O) groups is 1. The van der Waals surface area contributed by atoms with Gasteiger partial charge in [0.05, 0.1) is 6.04 Å². The van der Waals surface area contributed by atoms with Gasteiger partial charge in [0.25, 0.3) is 0 Å². The summed E-state index contributed by atoms with van der Waals surface area (Å²) in [5.74, 6) is 1.16. The van der Waals surface area contributed by atoms with Gasteiger partial charge in [-0.05, 0) is 38.1 Å². The first-order valence-electron chi connectivity index (χ1n) is 7.37. The van der Waals surface area contributed by atoms with E-state index in [1.807, 2.05) is 0 Å². The van der Waals surface area contributed by atoms with E-state index in [4.69, 9.17) is 0 Å². The average molecular weight is 238 g/mol. The van der Waals surface area contributed by atoms with Crippen LogP contribution in [0.5, 0.6) is 0 Å². The number of rotatable bonds is 5. The highest BCUT2D eigenvalue weighted by Gasteiger charge is 2.20. The van der Waals surface area contributed by atoms with E-state index in [0.717, 1.165) is 31.8 Å². The Labute approximate surface area is 105 Å². The highest BCUT2D eigenvalue weighted by atomic mass is 16.2. The Bertz CT molecular complexity index is 230. The van der Waals surface area contributed by atoms with Crippen molar-refractivity contribution in [3.8, 4) is 0 Å².